The number of carbonyl (C=O) groups is 1. The number of rotatable bonds is 7. The number of benzene rings is 3. The molecular weight excluding hydrogens is 360 g/mol. The average molecular weight is 382 g/mol. The molecule has 1 aromatic heterocycles. The summed E-state index contributed by atoms with van der Waals surface area (Å²) in [5.41, 5.74) is 4.50. The maximum absolute atomic E-state index is 12.5. The normalized spacial score (nSPS) is 10.8. The van der Waals surface area contributed by atoms with Gasteiger partial charge in [0.2, 0.25) is 0 Å². The van der Waals surface area contributed by atoms with Crippen molar-refractivity contribution >= 4 is 16.8 Å². The fourth-order valence-electron chi connectivity index (χ4n) is 3.16. The van der Waals surface area contributed by atoms with Crippen molar-refractivity contribution in [2.45, 2.75) is 19.8 Å². The molecule has 0 saturated carbocycles. The number of hydrogen-bond donors (Lipinski definition) is 1. The van der Waals surface area contributed by atoms with Crippen molar-refractivity contribution in [1.82, 2.24) is 10.3 Å². The quantitative estimate of drug-likeness (QED) is 0.495. The summed E-state index contributed by atoms with van der Waals surface area (Å²) in [6.45, 7) is 1.55. The third kappa shape index (κ3) is 5.06. The van der Waals surface area contributed by atoms with E-state index in [1.165, 1.54) is 0 Å². The summed E-state index contributed by atoms with van der Waals surface area (Å²) >= 11 is 0. The van der Waals surface area contributed by atoms with Gasteiger partial charge in [-0.05, 0) is 28.8 Å². The van der Waals surface area contributed by atoms with E-state index in [-0.39, 0.29) is 5.91 Å². The van der Waals surface area contributed by atoms with Gasteiger partial charge in [0.05, 0.1) is 18.7 Å². The zero-order valence-electron chi connectivity index (χ0n) is 16.0. The summed E-state index contributed by atoms with van der Waals surface area (Å²) in [6, 6.07) is 29.6. The SMILES string of the molecule is O=C(NCc1cccc(COCc2ccccc2)c1)c1ccc2ccccc2n1. The number of carbonyl (C=O) groups excluding carboxylic acids is 1. The van der Waals surface area contributed by atoms with Crippen LogP contribution in [0.1, 0.15) is 27.2 Å². The molecule has 4 heteroatoms. The molecule has 0 fully saturated rings. The molecule has 4 aromatic rings. The lowest BCUT2D eigenvalue weighted by Crippen LogP contribution is -2.23. The molecule has 4 rings (SSSR count). The molecule has 1 N–H and O–H groups in total. The number of ether oxygens (including phenoxy) is 1. The predicted molar refractivity (Wildman–Crippen MR) is 114 cm³/mol. The fourth-order valence-corrected chi connectivity index (χ4v) is 3.16. The van der Waals surface area contributed by atoms with Gasteiger partial charge in [-0.15, -0.1) is 0 Å². The van der Waals surface area contributed by atoms with Gasteiger partial charge in [0.1, 0.15) is 5.69 Å². The van der Waals surface area contributed by atoms with Crippen LogP contribution in [0.25, 0.3) is 10.9 Å². The van der Waals surface area contributed by atoms with E-state index < -0.39 is 0 Å². The highest BCUT2D eigenvalue weighted by Gasteiger charge is 2.08. The van der Waals surface area contributed by atoms with Crippen molar-refractivity contribution in [3.05, 3.63) is 113 Å². The molecule has 0 aliphatic carbocycles. The minimum Gasteiger partial charge on any atom is -0.372 e. The summed E-state index contributed by atoms with van der Waals surface area (Å²) in [5, 5.41) is 3.97. The third-order valence-corrected chi connectivity index (χ3v) is 4.66. The van der Waals surface area contributed by atoms with Crippen molar-refractivity contribution in [2.75, 3.05) is 0 Å². The molecule has 0 spiro atoms. The Balaban J connectivity index is 1.33. The van der Waals surface area contributed by atoms with Gasteiger partial charge in [0.15, 0.2) is 0 Å². The third-order valence-electron chi connectivity index (χ3n) is 4.66. The van der Waals surface area contributed by atoms with Gasteiger partial charge in [0.25, 0.3) is 5.91 Å². The second-order valence-corrected chi connectivity index (χ2v) is 6.87. The largest absolute Gasteiger partial charge is 0.372 e. The highest BCUT2D eigenvalue weighted by molar-refractivity contribution is 5.94. The van der Waals surface area contributed by atoms with Crippen LogP contribution in [0.5, 0.6) is 0 Å². The van der Waals surface area contributed by atoms with Crippen LogP contribution in [0, 0.1) is 0 Å². The number of nitrogens with zero attached hydrogens (tertiary/aromatic N) is 1. The topological polar surface area (TPSA) is 51.2 Å². The minimum absolute atomic E-state index is 0.179. The smallest absolute Gasteiger partial charge is 0.270 e. The number of aromatic nitrogens is 1. The zero-order chi connectivity index (χ0) is 19.9. The standard InChI is InChI=1S/C25H22N2O2/c28-25(24-14-13-22-11-4-5-12-23(22)27-24)26-16-20-9-6-10-21(15-20)18-29-17-19-7-2-1-3-8-19/h1-15H,16-18H2,(H,26,28). The average Bonchev–Trinajstić information content (AvgIpc) is 2.78. The molecule has 29 heavy (non-hydrogen) atoms. The van der Waals surface area contributed by atoms with Crippen LogP contribution in [-0.2, 0) is 24.5 Å². The van der Waals surface area contributed by atoms with E-state index in [1.807, 2.05) is 78.9 Å². The van der Waals surface area contributed by atoms with Crippen molar-refractivity contribution in [1.29, 1.82) is 0 Å². The summed E-state index contributed by atoms with van der Waals surface area (Å²) in [5.74, 6) is -0.179. The highest BCUT2D eigenvalue weighted by Crippen LogP contribution is 2.12. The molecule has 3 aromatic carbocycles. The first-order valence-electron chi connectivity index (χ1n) is 9.61. The Morgan fingerprint density at radius 2 is 1.48 bits per heavy atom. The molecule has 4 nitrogen and oxygen atoms in total. The molecule has 144 valence electrons. The lowest BCUT2D eigenvalue weighted by atomic mass is 10.1. The van der Waals surface area contributed by atoms with E-state index in [1.54, 1.807) is 6.07 Å². The lowest BCUT2D eigenvalue weighted by Gasteiger charge is -2.09. The second kappa shape index (κ2) is 9.13. The van der Waals surface area contributed by atoms with Crippen LogP contribution in [0.4, 0.5) is 0 Å². The van der Waals surface area contributed by atoms with Crippen LogP contribution in [0.15, 0.2) is 91.0 Å². The molecular formula is C25H22N2O2. The Morgan fingerprint density at radius 1 is 0.759 bits per heavy atom. The molecule has 1 heterocycles. The van der Waals surface area contributed by atoms with Crippen molar-refractivity contribution in [3.8, 4) is 0 Å². The van der Waals surface area contributed by atoms with E-state index in [0.29, 0.717) is 25.5 Å². The monoisotopic (exact) mass is 382 g/mol. The first-order valence-corrected chi connectivity index (χ1v) is 9.61. The molecule has 0 aliphatic rings. The van der Waals surface area contributed by atoms with Gasteiger partial charge in [-0.25, -0.2) is 4.98 Å². The van der Waals surface area contributed by atoms with Crippen LogP contribution >= 0.6 is 0 Å². The summed E-state index contributed by atoms with van der Waals surface area (Å²) in [6.07, 6.45) is 0. The summed E-state index contributed by atoms with van der Waals surface area (Å²) in [7, 11) is 0. The summed E-state index contributed by atoms with van der Waals surface area (Å²) < 4.78 is 5.80. The maximum atomic E-state index is 12.5. The van der Waals surface area contributed by atoms with Crippen LogP contribution in [-0.4, -0.2) is 10.9 Å². The minimum atomic E-state index is -0.179. The molecule has 0 atom stereocenters. The number of fused-ring (bicyclic) bond motifs is 1. The summed E-state index contributed by atoms with van der Waals surface area (Å²) in [4.78, 5) is 16.9. The number of hydrogen-bond acceptors (Lipinski definition) is 3. The molecule has 0 unspecified atom stereocenters. The highest BCUT2D eigenvalue weighted by atomic mass is 16.5. The number of nitrogens with one attached hydrogen (secondary N) is 1. The Kier molecular flexibility index (Phi) is 5.93. The molecule has 0 aliphatic heterocycles. The molecule has 0 bridgehead atoms. The first-order chi connectivity index (χ1) is 14.3. The number of para-hydroxylation sites is 1. The van der Waals surface area contributed by atoms with E-state index in [9.17, 15) is 4.79 Å². The molecule has 0 radical (unpaired) electrons. The fraction of sp³-hybridized carbons (Fsp3) is 0.120. The van der Waals surface area contributed by atoms with Gasteiger partial charge in [-0.3, -0.25) is 4.79 Å². The van der Waals surface area contributed by atoms with Gasteiger partial charge in [0, 0.05) is 11.9 Å². The molecule has 0 saturated heterocycles. The Bertz CT molecular complexity index is 1110. The second-order valence-electron chi connectivity index (χ2n) is 6.87. The number of amides is 1. The van der Waals surface area contributed by atoms with Gasteiger partial charge >= 0.3 is 0 Å². The Hall–Kier alpha value is -3.50. The van der Waals surface area contributed by atoms with E-state index in [0.717, 1.165) is 27.6 Å². The van der Waals surface area contributed by atoms with E-state index in [4.69, 9.17) is 4.74 Å². The van der Waals surface area contributed by atoms with E-state index >= 15 is 0 Å². The van der Waals surface area contributed by atoms with Gasteiger partial charge in [-0.1, -0.05) is 78.9 Å². The van der Waals surface area contributed by atoms with E-state index in [2.05, 4.69) is 16.4 Å². The van der Waals surface area contributed by atoms with Gasteiger partial charge < -0.3 is 10.1 Å². The molecule has 1 amide bonds. The van der Waals surface area contributed by atoms with Crippen LogP contribution in [0.2, 0.25) is 0 Å². The van der Waals surface area contributed by atoms with Crippen molar-refractivity contribution in [3.63, 3.8) is 0 Å². The predicted octanol–water partition coefficient (Wildman–Crippen LogP) is 4.88. The lowest BCUT2D eigenvalue weighted by molar-refractivity contribution is 0.0946. The Labute approximate surface area is 170 Å². The first kappa shape index (κ1) is 18.8. The maximum Gasteiger partial charge on any atom is 0.270 e. The van der Waals surface area contributed by atoms with Crippen molar-refractivity contribution < 1.29 is 9.53 Å². The number of pyridine rings is 1. The zero-order valence-corrected chi connectivity index (χ0v) is 16.0. The van der Waals surface area contributed by atoms with Gasteiger partial charge in [-0.2, -0.15) is 0 Å². The Morgan fingerprint density at radius 3 is 2.38 bits per heavy atom. The van der Waals surface area contributed by atoms with Crippen molar-refractivity contribution in [2.24, 2.45) is 0 Å². The van der Waals surface area contributed by atoms with Crippen LogP contribution < -0.4 is 5.32 Å². The van der Waals surface area contributed by atoms with Crippen LogP contribution in [0.3, 0.4) is 0 Å².